The molecule has 1 rings (SSSR count). The Hall–Kier alpha value is -0.610. The highest BCUT2D eigenvalue weighted by Crippen LogP contribution is 2.40. The fourth-order valence-electron chi connectivity index (χ4n) is 2.15. The van der Waals surface area contributed by atoms with E-state index in [1.807, 2.05) is 7.05 Å². The number of aliphatic carboxylic acids is 1. The van der Waals surface area contributed by atoms with Crippen LogP contribution in [0.5, 0.6) is 0 Å². The zero-order valence-electron chi connectivity index (χ0n) is 11.5. The lowest BCUT2D eigenvalue weighted by molar-refractivity contribution is -0.147. The molecule has 1 fully saturated rings. The van der Waals surface area contributed by atoms with Gasteiger partial charge in [-0.1, -0.05) is 6.92 Å². The van der Waals surface area contributed by atoms with Gasteiger partial charge in [0, 0.05) is 12.6 Å². The number of hydrogen-bond donors (Lipinski definition) is 2. The number of nitrogens with zero attached hydrogens (tertiary/aromatic N) is 1. The molecular formula is C13H26N2O2. The smallest absolute Gasteiger partial charge is 0.325 e. The monoisotopic (exact) mass is 242 g/mol. The Kier molecular flexibility index (Phi) is 4.95. The van der Waals surface area contributed by atoms with E-state index in [-0.39, 0.29) is 0 Å². The number of hydrogen-bond acceptors (Lipinski definition) is 3. The molecule has 17 heavy (non-hydrogen) atoms. The quantitative estimate of drug-likeness (QED) is 0.678. The highest BCUT2D eigenvalue weighted by atomic mass is 16.4. The molecule has 4 nitrogen and oxygen atoms in total. The Morgan fingerprint density at radius 1 is 1.53 bits per heavy atom. The fraction of sp³-hybridized carbons (Fsp3) is 0.923. The zero-order chi connectivity index (χ0) is 13.1. The maximum atomic E-state index is 11.7. The van der Waals surface area contributed by atoms with Gasteiger partial charge in [-0.2, -0.15) is 0 Å². The lowest BCUT2D eigenvalue weighted by Crippen LogP contribution is -2.61. The van der Waals surface area contributed by atoms with Gasteiger partial charge in [-0.3, -0.25) is 4.79 Å². The van der Waals surface area contributed by atoms with Crippen LogP contribution < -0.4 is 5.32 Å². The molecule has 0 amide bonds. The number of carboxylic acids is 1. The number of likely N-dealkylation sites (N-methyl/N-ethyl adjacent to an activating group) is 1. The van der Waals surface area contributed by atoms with Crippen LogP contribution in [0.15, 0.2) is 0 Å². The average Bonchev–Trinajstić information content (AvgIpc) is 3.07. The highest BCUT2D eigenvalue weighted by Gasteiger charge is 2.51. The summed E-state index contributed by atoms with van der Waals surface area (Å²) in [6.07, 6.45) is 3.04. The van der Waals surface area contributed by atoms with Gasteiger partial charge in [-0.05, 0) is 52.6 Å². The summed E-state index contributed by atoms with van der Waals surface area (Å²) < 4.78 is 0. The maximum absolute atomic E-state index is 11.7. The van der Waals surface area contributed by atoms with Gasteiger partial charge in [-0.25, -0.2) is 0 Å². The Balaban J connectivity index is 2.78. The average molecular weight is 242 g/mol. The Bertz CT molecular complexity index is 264. The first-order valence-corrected chi connectivity index (χ1v) is 6.62. The van der Waals surface area contributed by atoms with Crippen molar-refractivity contribution in [1.82, 2.24) is 10.2 Å². The van der Waals surface area contributed by atoms with E-state index in [1.165, 1.54) is 0 Å². The third-order valence-corrected chi connectivity index (χ3v) is 3.73. The van der Waals surface area contributed by atoms with Crippen molar-refractivity contribution in [2.24, 2.45) is 5.92 Å². The molecular weight excluding hydrogens is 216 g/mol. The summed E-state index contributed by atoms with van der Waals surface area (Å²) in [5.74, 6) is -0.395. The molecule has 0 radical (unpaired) electrons. The number of nitrogens with one attached hydrogen (secondary N) is 1. The van der Waals surface area contributed by atoms with Crippen molar-refractivity contribution in [1.29, 1.82) is 0 Å². The van der Waals surface area contributed by atoms with E-state index in [4.69, 9.17) is 0 Å². The van der Waals surface area contributed by atoms with E-state index in [9.17, 15) is 9.90 Å². The Morgan fingerprint density at radius 3 is 2.47 bits per heavy atom. The Labute approximate surface area is 104 Å². The van der Waals surface area contributed by atoms with Crippen LogP contribution in [0.25, 0.3) is 0 Å². The van der Waals surface area contributed by atoms with E-state index in [2.05, 4.69) is 31.0 Å². The molecule has 0 saturated heterocycles. The minimum atomic E-state index is -0.741. The molecule has 1 aliphatic carbocycles. The molecule has 0 bridgehead atoms. The van der Waals surface area contributed by atoms with Crippen LogP contribution >= 0.6 is 0 Å². The van der Waals surface area contributed by atoms with Crippen molar-refractivity contribution in [3.05, 3.63) is 0 Å². The lowest BCUT2D eigenvalue weighted by atomic mass is 9.91. The van der Waals surface area contributed by atoms with Crippen LogP contribution in [0.1, 0.15) is 40.0 Å². The molecule has 1 aliphatic rings. The second-order valence-corrected chi connectivity index (χ2v) is 5.49. The molecule has 1 unspecified atom stereocenters. The fourth-order valence-corrected chi connectivity index (χ4v) is 2.15. The van der Waals surface area contributed by atoms with Crippen LogP contribution in [0, 0.1) is 5.92 Å². The third-order valence-electron chi connectivity index (χ3n) is 3.73. The SMILES string of the molecule is CCCNC(CN(C)C(C)C)(C(=O)O)C1CC1. The molecule has 4 heteroatoms. The van der Waals surface area contributed by atoms with E-state index in [0.29, 0.717) is 18.5 Å². The summed E-state index contributed by atoms with van der Waals surface area (Å²) >= 11 is 0. The van der Waals surface area contributed by atoms with Gasteiger partial charge in [0.15, 0.2) is 0 Å². The maximum Gasteiger partial charge on any atom is 0.325 e. The predicted octanol–water partition coefficient (Wildman–Crippen LogP) is 1.56. The molecule has 0 aromatic rings. The van der Waals surface area contributed by atoms with E-state index < -0.39 is 11.5 Å². The van der Waals surface area contributed by atoms with Crippen LogP contribution in [-0.4, -0.2) is 47.7 Å². The lowest BCUT2D eigenvalue weighted by Gasteiger charge is -2.36. The predicted molar refractivity (Wildman–Crippen MR) is 69.2 cm³/mol. The van der Waals surface area contributed by atoms with Crippen molar-refractivity contribution in [2.45, 2.75) is 51.6 Å². The zero-order valence-corrected chi connectivity index (χ0v) is 11.5. The topological polar surface area (TPSA) is 52.6 Å². The van der Waals surface area contributed by atoms with Gasteiger partial charge >= 0.3 is 5.97 Å². The number of carboxylic acid groups (broad SMARTS) is 1. The Morgan fingerprint density at radius 2 is 2.12 bits per heavy atom. The van der Waals surface area contributed by atoms with Crippen LogP contribution in [-0.2, 0) is 4.79 Å². The van der Waals surface area contributed by atoms with E-state index >= 15 is 0 Å². The number of carbonyl (C=O) groups is 1. The van der Waals surface area contributed by atoms with Gasteiger partial charge in [0.25, 0.3) is 0 Å². The summed E-state index contributed by atoms with van der Waals surface area (Å²) in [5, 5.41) is 12.9. The summed E-state index contributed by atoms with van der Waals surface area (Å²) in [6.45, 7) is 7.62. The van der Waals surface area contributed by atoms with Crippen LogP contribution in [0.4, 0.5) is 0 Å². The third kappa shape index (κ3) is 3.42. The van der Waals surface area contributed by atoms with Gasteiger partial charge in [-0.15, -0.1) is 0 Å². The first-order valence-electron chi connectivity index (χ1n) is 6.62. The van der Waals surface area contributed by atoms with Gasteiger partial charge < -0.3 is 15.3 Å². The normalized spacial score (nSPS) is 19.6. The number of rotatable bonds is 8. The standard InChI is InChI=1S/C13H26N2O2/c1-5-8-14-13(12(16)17,11-6-7-11)9-15(4)10(2)3/h10-11,14H,5-9H2,1-4H3,(H,16,17). The second kappa shape index (κ2) is 5.83. The summed E-state index contributed by atoms with van der Waals surface area (Å²) in [5.41, 5.74) is -0.741. The molecule has 0 aromatic carbocycles. The largest absolute Gasteiger partial charge is 0.480 e. The molecule has 1 saturated carbocycles. The minimum Gasteiger partial charge on any atom is -0.480 e. The molecule has 0 aromatic heterocycles. The van der Waals surface area contributed by atoms with E-state index in [1.54, 1.807) is 0 Å². The second-order valence-electron chi connectivity index (χ2n) is 5.49. The van der Waals surface area contributed by atoms with Crippen LogP contribution in [0.3, 0.4) is 0 Å². The van der Waals surface area contributed by atoms with Crippen LogP contribution in [0.2, 0.25) is 0 Å². The molecule has 0 spiro atoms. The highest BCUT2D eigenvalue weighted by molar-refractivity contribution is 5.80. The summed E-state index contributed by atoms with van der Waals surface area (Å²) in [4.78, 5) is 13.8. The minimum absolute atomic E-state index is 0.299. The summed E-state index contributed by atoms with van der Waals surface area (Å²) in [6, 6.07) is 0.371. The molecule has 0 heterocycles. The molecule has 2 N–H and O–H groups in total. The molecule has 0 aliphatic heterocycles. The van der Waals surface area contributed by atoms with Gasteiger partial charge in [0.2, 0.25) is 0 Å². The first kappa shape index (κ1) is 14.5. The van der Waals surface area contributed by atoms with E-state index in [0.717, 1.165) is 25.8 Å². The van der Waals surface area contributed by atoms with Crippen molar-refractivity contribution in [3.8, 4) is 0 Å². The van der Waals surface area contributed by atoms with Crippen molar-refractivity contribution < 1.29 is 9.90 Å². The summed E-state index contributed by atoms with van der Waals surface area (Å²) in [7, 11) is 2.00. The molecule has 100 valence electrons. The molecule has 1 atom stereocenters. The van der Waals surface area contributed by atoms with Gasteiger partial charge in [0.1, 0.15) is 5.54 Å². The van der Waals surface area contributed by atoms with Crippen molar-refractivity contribution in [3.63, 3.8) is 0 Å². The van der Waals surface area contributed by atoms with Gasteiger partial charge in [0.05, 0.1) is 0 Å². The van der Waals surface area contributed by atoms with Crippen molar-refractivity contribution in [2.75, 3.05) is 20.1 Å². The van der Waals surface area contributed by atoms with Crippen molar-refractivity contribution >= 4 is 5.97 Å². The first-order chi connectivity index (χ1) is 7.94.